The lowest BCUT2D eigenvalue weighted by atomic mass is 9.81. The number of hydrogen-bond donors (Lipinski definition) is 0. The summed E-state index contributed by atoms with van der Waals surface area (Å²) in [7, 11) is 2.20. The molecule has 1 aromatic heterocycles. The molecule has 2 heterocycles. The molecular weight excluding hydrogens is 273 g/mol. The molecule has 0 bridgehead atoms. The van der Waals surface area contributed by atoms with Crippen LogP contribution >= 0.6 is 0 Å². The Labute approximate surface area is 124 Å². The lowest BCUT2D eigenvalue weighted by Gasteiger charge is -2.35. The molecule has 1 unspecified atom stereocenters. The number of methoxy groups -OCH3 is 2. The van der Waals surface area contributed by atoms with Gasteiger partial charge in [-0.15, -0.1) is 0 Å². The van der Waals surface area contributed by atoms with E-state index in [1.807, 2.05) is 20.8 Å². The van der Waals surface area contributed by atoms with Gasteiger partial charge in [-0.25, -0.2) is 4.79 Å². The number of pyridine rings is 1. The molecule has 0 radical (unpaired) electrons. The van der Waals surface area contributed by atoms with Crippen LogP contribution in [-0.2, 0) is 18.8 Å². The molecule has 0 N–H and O–H groups in total. The fourth-order valence-electron chi connectivity index (χ4n) is 2.28. The molecule has 1 fully saturated rings. The number of rotatable bonds is 4. The van der Waals surface area contributed by atoms with Crippen molar-refractivity contribution in [1.29, 1.82) is 0 Å². The second-order valence-electron chi connectivity index (χ2n) is 5.67. The van der Waals surface area contributed by atoms with Crippen molar-refractivity contribution in [2.24, 2.45) is 0 Å². The van der Waals surface area contributed by atoms with Gasteiger partial charge in [0.15, 0.2) is 0 Å². The maximum atomic E-state index is 11.8. The van der Waals surface area contributed by atoms with E-state index in [0.717, 1.165) is 0 Å². The third-order valence-electron chi connectivity index (χ3n) is 3.93. The van der Waals surface area contributed by atoms with Crippen LogP contribution in [0, 0.1) is 0 Å². The molecule has 0 aromatic carbocycles. The first kappa shape index (κ1) is 15.9. The molecular formula is C14H20BNO5. The van der Waals surface area contributed by atoms with Gasteiger partial charge in [0.1, 0.15) is 5.60 Å². The van der Waals surface area contributed by atoms with Gasteiger partial charge in [-0.05, 0) is 32.9 Å². The first-order valence-corrected chi connectivity index (χ1v) is 6.72. The zero-order valence-corrected chi connectivity index (χ0v) is 13.0. The number of nitrogens with zero attached hydrogens (tertiary/aromatic N) is 1. The van der Waals surface area contributed by atoms with Crippen molar-refractivity contribution in [3.05, 3.63) is 23.9 Å². The Balaban J connectivity index is 2.35. The van der Waals surface area contributed by atoms with Gasteiger partial charge in [0.2, 0.25) is 0 Å². The third-order valence-corrected chi connectivity index (χ3v) is 3.93. The smallest absolute Gasteiger partial charge is 0.465 e. The van der Waals surface area contributed by atoms with Gasteiger partial charge in [-0.2, -0.15) is 0 Å². The molecule has 6 nitrogen and oxygen atoms in total. The Hall–Kier alpha value is -1.44. The quantitative estimate of drug-likeness (QED) is 0.604. The highest BCUT2D eigenvalue weighted by Crippen LogP contribution is 2.37. The highest BCUT2D eigenvalue weighted by Gasteiger charge is 2.56. The van der Waals surface area contributed by atoms with E-state index in [1.165, 1.54) is 7.11 Å². The summed E-state index contributed by atoms with van der Waals surface area (Å²) in [6.45, 7) is 6.13. The van der Waals surface area contributed by atoms with Gasteiger partial charge < -0.3 is 18.8 Å². The minimum Gasteiger partial charge on any atom is -0.465 e. The molecule has 7 heteroatoms. The largest absolute Gasteiger partial charge is 0.515 e. The standard InChI is InChI=1S/C14H20BNO5/c1-13(2)14(3,9-18-4)21-15(20-13)11-10(12(17)19-5)7-6-8-16-11/h6-8H,9H2,1-5H3. The number of esters is 1. The Morgan fingerprint density at radius 2 is 2.05 bits per heavy atom. The molecule has 0 aliphatic carbocycles. The van der Waals surface area contributed by atoms with Crippen molar-refractivity contribution < 1.29 is 23.6 Å². The van der Waals surface area contributed by atoms with E-state index in [-0.39, 0.29) is 0 Å². The molecule has 0 amide bonds. The third kappa shape index (κ3) is 2.81. The number of carbonyl (C=O) groups excluding carboxylic acids is 1. The fraction of sp³-hybridized carbons (Fsp3) is 0.571. The number of ether oxygens (including phenoxy) is 2. The molecule has 0 spiro atoms. The van der Waals surface area contributed by atoms with Crippen molar-refractivity contribution >= 4 is 18.7 Å². The predicted molar refractivity (Wildman–Crippen MR) is 77.5 cm³/mol. The highest BCUT2D eigenvalue weighted by molar-refractivity contribution is 6.62. The molecule has 1 aliphatic rings. The van der Waals surface area contributed by atoms with Crippen molar-refractivity contribution in [3.63, 3.8) is 0 Å². The highest BCUT2D eigenvalue weighted by atomic mass is 16.7. The minimum atomic E-state index is -0.740. The van der Waals surface area contributed by atoms with Crippen LogP contribution in [-0.4, -0.2) is 50.1 Å². The predicted octanol–water partition coefficient (Wildman–Crippen LogP) is 0.794. The van der Waals surface area contributed by atoms with E-state index in [4.69, 9.17) is 18.8 Å². The molecule has 114 valence electrons. The van der Waals surface area contributed by atoms with Gasteiger partial charge in [-0.1, -0.05) is 0 Å². The van der Waals surface area contributed by atoms with Gasteiger partial charge in [0.05, 0.1) is 30.5 Å². The van der Waals surface area contributed by atoms with Gasteiger partial charge in [0, 0.05) is 13.3 Å². The normalized spacial score (nSPS) is 24.1. The summed E-state index contributed by atoms with van der Waals surface area (Å²) in [4.78, 5) is 16.1. The number of hydrogen-bond acceptors (Lipinski definition) is 6. The summed E-state index contributed by atoms with van der Waals surface area (Å²) in [6.07, 6.45) is 1.59. The van der Waals surface area contributed by atoms with E-state index >= 15 is 0 Å². The van der Waals surface area contributed by atoms with Crippen LogP contribution in [0.15, 0.2) is 18.3 Å². The maximum Gasteiger partial charge on any atom is 0.515 e. The van der Waals surface area contributed by atoms with E-state index in [2.05, 4.69) is 4.98 Å². The van der Waals surface area contributed by atoms with Crippen molar-refractivity contribution in [1.82, 2.24) is 4.98 Å². The Kier molecular flexibility index (Phi) is 4.36. The van der Waals surface area contributed by atoms with Crippen LogP contribution in [0.2, 0.25) is 0 Å². The summed E-state index contributed by atoms with van der Waals surface area (Å²) in [5, 5.41) is 0. The Morgan fingerprint density at radius 1 is 1.33 bits per heavy atom. The first-order chi connectivity index (χ1) is 9.84. The first-order valence-electron chi connectivity index (χ1n) is 6.72. The molecule has 21 heavy (non-hydrogen) atoms. The molecule has 1 aliphatic heterocycles. The Bertz CT molecular complexity index is 536. The average Bonchev–Trinajstić information content (AvgIpc) is 2.68. The summed E-state index contributed by atoms with van der Waals surface area (Å²) in [6, 6.07) is 3.31. The van der Waals surface area contributed by atoms with E-state index < -0.39 is 24.3 Å². The van der Waals surface area contributed by atoms with E-state index in [0.29, 0.717) is 17.8 Å². The number of carbonyl (C=O) groups is 1. The summed E-state index contributed by atoms with van der Waals surface area (Å²) in [5.41, 5.74) is -0.477. The molecule has 2 rings (SSSR count). The lowest BCUT2D eigenvalue weighted by molar-refractivity contribution is -0.0594. The zero-order chi connectivity index (χ0) is 15.7. The van der Waals surface area contributed by atoms with Crippen LogP contribution in [0.5, 0.6) is 0 Å². The van der Waals surface area contributed by atoms with Crippen LogP contribution in [0.25, 0.3) is 0 Å². The monoisotopic (exact) mass is 293 g/mol. The average molecular weight is 293 g/mol. The van der Waals surface area contributed by atoms with Crippen LogP contribution in [0.3, 0.4) is 0 Å². The topological polar surface area (TPSA) is 66.9 Å². The molecule has 1 aromatic rings. The zero-order valence-electron chi connectivity index (χ0n) is 13.0. The lowest BCUT2D eigenvalue weighted by Crippen LogP contribution is -2.48. The SMILES string of the molecule is COCC1(C)OB(c2ncccc2C(=O)OC)OC1(C)C. The summed E-state index contributed by atoms with van der Waals surface area (Å²) < 4.78 is 22.0. The summed E-state index contributed by atoms with van der Waals surface area (Å²) >= 11 is 0. The van der Waals surface area contributed by atoms with Crippen LogP contribution < -0.4 is 5.59 Å². The second kappa shape index (κ2) is 5.75. The Morgan fingerprint density at radius 3 is 2.67 bits per heavy atom. The number of aromatic nitrogens is 1. The fourth-order valence-corrected chi connectivity index (χ4v) is 2.28. The van der Waals surface area contributed by atoms with Crippen molar-refractivity contribution in [3.8, 4) is 0 Å². The summed E-state index contributed by atoms with van der Waals surface area (Å²) in [5.74, 6) is -0.469. The van der Waals surface area contributed by atoms with Gasteiger partial charge in [-0.3, -0.25) is 4.98 Å². The maximum absolute atomic E-state index is 11.8. The van der Waals surface area contributed by atoms with E-state index in [1.54, 1.807) is 25.4 Å². The van der Waals surface area contributed by atoms with E-state index in [9.17, 15) is 4.79 Å². The van der Waals surface area contributed by atoms with Gasteiger partial charge >= 0.3 is 13.1 Å². The van der Waals surface area contributed by atoms with Crippen LogP contribution in [0.4, 0.5) is 0 Å². The van der Waals surface area contributed by atoms with Crippen molar-refractivity contribution in [2.45, 2.75) is 32.0 Å². The molecule has 1 saturated heterocycles. The second-order valence-corrected chi connectivity index (χ2v) is 5.67. The molecule has 0 saturated carbocycles. The molecule has 1 atom stereocenters. The van der Waals surface area contributed by atoms with Crippen LogP contribution in [0.1, 0.15) is 31.1 Å². The van der Waals surface area contributed by atoms with Crippen molar-refractivity contribution in [2.75, 3.05) is 20.8 Å². The minimum absolute atomic E-state index is 0.336. The van der Waals surface area contributed by atoms with Gasteiger partial charge in [0.25, 0.3) is 0 Å².